The van der Waals surface area contributed by atoms with Crippen molar-refractivity contribution in [3.8, 4) is 0 Å². The Balaban J connectivity index is 3.08. The Bertz CT molecular complexity index is 1780. The number of carboxylic acid groups (broad SMARTS) is 1. The Morgan fingerprint density at radius 2 is 1.33 bits per heavy atom. The summed E-state index contributed by atoms with van der Waals surface area (Å²) in [5.41, 5.74) is 38.3. The molecule has 0 aromatic rings. The highest BCUT2D eigenvalue weighted by Crippen LogP contribution is 2.20. The van der Waals surface area contributed by atoms with E-state index in [4.69, 9.17) is 40.1 Å². The van der Waals surface area contributed by atoms with Crippen LogP contribution in [0.25, 0.3) is 0 Å². The highest BCUT2D eigenvalue weighted by molar-refractivity contribution is 5.99. The van der Waals surface area contributed by atoms with Gasteiger partial charge in [0.1, 0.15) is 41.9 Å². The summed E-state index contributed by atoms with van der Waals surface area (Å²) >= 11 is 0. The summed E-state index contributed by atoms with van der Waals surface area (Å²) in [5.74, 6) is -8.46. The molecule has 0 unspecified atom stereocenters. The molecule has 8 amide bonds. The summed E-state index contributed by atoms with van der Waals surface area (Å²) < 4.78 is 0. The van der Waals surface area contributed by atoms with Gasteiger partial charge < -0.3 is 97.6 Å². The van der Waals surface area contributed by atoms with Gasteiger partial charge in [0.25, 0.3) is 0 Å². The predicted molar refractivity (Wildman–Crippen MR) is 251 cm³/mol. The molecule has 69 heavy (non-hydrogen) atoms. The number of amides is 8. The van der Waals surface area contributed by atoms with Gasteiger partial charge in [-0.05, 0) is 97.7 Å². The van der Waals surface area contributed by atoms with E-state index >= 15 is 0 Å². The van der Waals surface area contributed by atoms with Crippen molar-refractivity contribution in [2.45, 2.75) is 139 Å². The third kappa shape index (κ3) is 22.3. The first-order valence-corrected chi connectivity index (χ1v) is 22.9. The van der Waals surface area contributed by atoms with Gasteiger partial charge >= 0.3 is 5.97 Å². The number of nitrogens with one attached hydrogen (secondary N) is 7. The van der Waals surface area contributed by atoms with Crippen LogP contribution in [-0.2, 0) is 43.2 Å². The van der Waals surface area contributed by atoms with Crippen molar-refractivity contribution in [2.75, 3.05) is 45.8 Å². The Morgan fingerprint density at radius 1 is 0.725 bits per heavy atom. The van der Waals surface area contributed by atoms with Crippen LogP contribution in [0.15, 0.2) is 16.8 Å². The average molecular weight is 985 g/mol. The largest absolute Gasteiger partial charge is 0.477 e. The summed E-state index contributed by atoms with van der Waals surface area (Å²) in [6, 6.07) is -9.25. The summed E-state index contributed by atoms with van der Waals surface area (Å²) in [5, 5.41) is 47.5. The lowest BCUT2D eigenvalue weighted by molar-refractivity contribution is -0.143. The van der Waals surface area contributed by atoms with Crippen LogP contribution < -0.4 is 77.4 Å². The zero-order valence-corrected chi connectivity index (χ0v) is 39.5. The van der Waals surface area contributed by atoms with Crippen molar-refractivity contribution in [2.24, 2.45) is 45.1 Å². The lowest BCUT2D eigenvalue weighted by Crippen LogP contribution is -2.61. The van der Waals surface area contributed by atoms with Crippen LogP contribution in [-0.4, -0.2) is 180 Å². The first-order valence-electron chi connectivity index (χ1n) is 22.9. The predicted octanol–water partition coefficient (Wildman–Crippen LogP) is -7.69. The number of nitrogens with zero attached hydrogens (tertiary/aromatic N) is 2. The quantitative estimate of drug-likeness (QED) is 0.0126. The Labute approximate surface area is 400 Å². The second kappa shape index (κ2) is 32.7. The third-order valence-electron chi connectivity index (χ3n) is 10.8. The van der Waals surface area contributed by atoms with Crippen LogP contribution in [0.5, 0.6) is 0 Å². The van der Waals surface area contributed by atoms with Gasteiger partial charge in [0.05, 0.1) is 24.8 Å². The fraction of sp³-hybridized carbons (Fsp3) is 0.707. The molecule has 0 saturated carbocycles. The molecule has 0 aromatic carbocycles. The van der Waals surface area contributed by atoms with Crippen molar-refractivity contribution in [3.63, 3.8) is 0 Å². The number of carbonyl (C=O) groups excluding carboxylic acids is 8. The number of carboxylic acids is 1. The molecule has 1 saturated heterocycles. The molecule has 1 fully saturated rings. The van der Waals surface area contributed by atoms with E-state index < -0.39 is 127 Å². The molecule has 0 aromatic heterocycles. The van der Waals surface area contributed by atoms with E-state index in [9.17, 15) is 58.5 Å². The standard InChI is InChI=1S/C41H76N16O12/c1-22(51-38(66)32(29(59)20-45)56-34(62)24(46)10-3-5-15-42)33(61)50-21-30(60)52-26(12-7-17-44)39(67)57-19-9-14-28(57)36(64)55-31(23(2)58)37(65)53-25(11-4-6-16-43)35(63)54-27(40(68)69)13-8-18-49-41(47)48/h13,22-26,28-29,31-32,58-59H,3-12,14-21,42-46H2,1-2H3,(H,50,61)(H,51,66)(H,52,60)(H,53,65)(H,54,63)(H,55,64)(H,56,62)(H,68,69)(H4,47,48,49)/b27-13-/t22-,23-,24-,25-,26+,28-,29-,31-,32-/m0/s1. The fourth-order valence-electron chi connectivity index (χ4n) is 6.88. The van der Waals surface area contributed by atoms with Gasteiger partial charge in [0.2, 0.25) is 47.3 Å². The molecule has 1 aliphatic rings. The highest BCUT2D eigenvalue weighted by atomic mass is 16.4. The Kier molecular flexibility index (Phi) is 28.9. The van der Waals surface area contributed by atoms with Gasteiger partial charge in [-0.3, -0.25) is 43.3 Å². The summed E-state index contributed by atoms with van der Waals surface area (Å²) in [6.07, 6.45) is 1.14. The Hall–Kier alpha value is -6.04. The second-order valence-electron chi connectivity index (χ2n) is 16.4. The number of guanidine groups is 1. The molecule has 1 aliphatic heterocycles. The van der Waals surface area contributed by atoms with Gasteiger partial charge in [-0.15, -0.1) is 0 Å². The molecule has 392 valence electrons. The van der Waals surface area contributed by atoms with Gasteiger partial charge in [0, 0.05) is 19.6 Å². The van der Waals surface area contributed by atoms with Gasteiger partial charge in [-0.2, -0.15) is 0 Å². The lowest BCUT2D eigenvalue weighted by Gasteiger charge is -2.31. The molecule has 1 heterocycles. The molecule has 9 atom stereocenters. The number of aliphatic hydroxyl groups excluding tert-OH is 2. The number of rotatable bonds is 33. The number of hydrogen-bond donors (Lipinski definition) is 17. The van der Waals surface area contributed by atoms with E-state index in [1.54, 1.807) is 0 Å². The van der Waals surface area contributed by atoms with E-state index in [-0.39, 0.29) is 70.7 Å². The first kappa shape index (κ1) is 61.0. The van der Waals surface area contributed by atoms with Gasteiger partial charge in [0.15, 0.2) is 5.96 Å². The van der Waals surface area contributed by atoms with Gasteiger partial charge in [-0.25, -0.2) is 4.79 Å². The molecule has 24 N–H and O–H groups in total. The molecule has 0 bridgehead atoms. The normalized spacial score (nSPS) is 17.0. The minimum Gasteiger partial charge on any atom is -0.477 e. The van der Waals surface area contributed by atoms with Crippen LogP contribution in [0, 0.1) is 0 Å². The number of hydrogen-bond acceptors (Lipinski definition) is 17. The number of nitrogens with two attached hydrogens (primary N) is 7. The molecular weight excluding hydrogens is 909 g/mol. The number of aliphatic imine (C=N–C) groups is 1. The first-order chi connectivity index (χ1) is 32.6. The van der Waals surface area contributed by atoms with Crippen LogP contribution in [0.1, 0.15) is 84.5 Å². The molecule has 0 radical (unpaired) electrons. The van der Waals surface area contributed by atoms with E-state index in [0.717, 1.165) is 0 Å². The minimum absolute atomic E-state index is 0.00448. The van der Waals surface area contributed by atoms with E-state index in [1.165, 1.54) is 24.8 Å². The van der Waals surface area contributed by atoms with Crippen LogP contribution in [0.2, 0.25) is 0 Å². The zero-order valence-electron chi connectivity index (χ0n) is 39.5. The number of unbranched alkanes of at least 4 members (excludes halogenated alkanes) is 2. The van der Waals surface area contributed by atoms with Crippen molar-refractivity contribution < 1.29 is 58.5 Å². The van der Waals surface area contributed by atoms with Crippen molar-refractivity contribution in [3.05, 3.63) is 11.8 Å². The number of carbonyl (C=O) groups is 9. The lowest BCUT2D eigenvalue weighted by atomic mass is 10.1. The van der Waals surface area contributed by atoms with Crippen molar-refractivity contribution in [1.29, 1.82) is 0 Å². The van der Waals surface area contributed by atoms with Crippen LogP contribution in [0.4, 0.5) is 0 Å². The van der Waals surface area contributed by atoms with Crippen molar-refractivity contribution in [1.82, 2.24) is 42.1 Å². The average Bonchev–Trinajstić information content (AvgIpc) is 3.80. The maximum Gasteiger partial charge on any atom is 0.352 e. The number of likely N-dealkylation sites (tertiary alicyclic amines) is 1. The molecular formula is C41H76N16O12. The van der Waals surface area contributed by atoms with Crippen LogP contribution >= 0.6 is 0 Å². The maximum atomic E-state index is 14.0. The number of aliphatic hydroxyl groups is 2. The zero-order chi connectivity index (χ0) is 52.2. The number of aliphatic carboxylic acids is 1. The minimum atomic E-state index is -1.65. The van der Waals surface area contributed by atoms with Crippen molar-refractivity contribution >= 4 is 59.2 Å². The molecule has 1 rings (SSSR count). The monoisotopic (exact) mass is 985 g/mol. The fourth-order valence-corrected chi connectivity index (χ4v) is 6.88. The molecule has 0 spiro atoms. The second-order valence-corrected chi connectivity index (χ2v) is 16.4. The summed E-state index contributed by atoms with van der Waals surface area (Å²) in [6.45, 7) is 2.29. The van der Waals surface area contributed by atoms with Gasteiger partial charge in [-0.1, -0.05) is 12.5 Å². The Morgan fingerprint density at radius 3 is 1.91 bits per heavy atom. The SMILES string of the molecule is C[C@H](NC(=O)[C@@H](NC(=O)[C@@H](N)CCCCN)[C@@H](O)CN)C(=O)NCC(=O)N[C@H](CCCN)C(=O)N1CCC[C@H]1C(=O)N[C@H](C(=O)N[C@@H](CCCCN)C(=O)N/C(=C\CCN=C(N)N)C(=O)O)[C@H](C)O. The topological polar surface area (TPSA) is 496 Å². The third-order valence-corrected chi connectivity index (χ3v) is 10.8. The van der Waals surface area contributed by atoms with E-state index in [1.807, 2.05) is 0 Å². The maximum absolute atomic E-state index is 14.0. The molecule has 28 heteroatoms. The summed E-state index contributed by atoms with van der Waals surface area (Å²) in [4.78, 5) is 123. The van der Waals surface area contributed by atoms with Crippen LogP contribution in [0.3, 0.4) is 0 Å². The molecule has 0 aliphatic carbocycles. The van der Waals surface area contributed by atoms with E-state index in [0.29, 0.717) is 38.6 Å². The van der Waals surface area contributed by atoms with E-state index in [2.05, 4.69) is 42.2 Å². The summed E-state index contributed by atoms with van der Waals surface area (Å²) in [7, 11) is 0. The highest BCUT2D eigenvalue weighted by Gasteiger charge is 2.40. The molecule has 28 nitrogen and oxygen atoms in total. The smallest absolute Gasteiger partial charge is 0.352 e.